The number of hydrogen-bond donors (Lipinski definition) is 0. The highest BCUT2D eigenvalue weighted by Crippen LogP contribution is 2.31. The minimum absolute atomic E-state index is 0.122. The SMILES string of the molecule is CCOc1ccc(C=C2SC(N3CCCCCC3)=NC2=O)cc1. The van der Waals surface area contributed by atoms with E-state index in [2.05, 4.69) is 9.89 Å². The van der Waals surface area contributed by atoms with E-state index in [9.17, 15) is 4.79 Å². The van der Waals surface area contributed by atoms with E-state index < -0.39 is 0 Å². The summed E-state index contributed by atoms with van der Waals surface area (Å²) >= 11 is 1.50. The minimum Gasteiger partial charge on any atom is -0.494 e. The smallest absolute Gasteiger partial charge is 0.286 e. The van der Waals surface area contributed by atoms with Gasteiger partial charge in [-0.3, -0.25) is 4.79 Å². The van der Waals surface area contributed by atoms with E-state index in [0.717, 1.165) is 29.6 Å². The summed E-state index contributed by atoms with van der Waals surface area (Å²) in [5.41, 5.74) is 0.997. The summed E-state index contributed by atoms with van der Waals surface area (Å²) in [7, 11) is 0. The van der Waals surface area contributed by atoms with Crippen molar-refractivity contribution < 1.29 is 9.53 Å². The van der Waals surface area contributed by atoms with Gasteiger partial charge in [0.1, 0.15) is 5.75 Å². The van der Waals surface area contributed by atoms with Crippen molar-refractivity contribution in [2.45, 2.75) is 32.6 Å². The van der Waals surface area contributed by atoms with Crippen molar-refractivity contribution in [3.63, 3.8) is 0 Å². The fourth-order valence-electron chi connectivity index (χ4n) is 2.77. The van der Waals surface area contributed by atoms with Crippen molar-refractivity contribution >= 4 is 28.9 Å². The molecule has 3 rings (SSSR count). The van der Waals surface area contributed by atoms with E-state index in [1.54, 1.807) is 0 Å². The van der Waals surface area contributed by atoms with Crippen LogP contribution in [-0.4, -0.2) is 35.7 Å². The lowest BCUT2D eigenvalue weighted by atomic mass is 10.2. The molecule has 1 saturated heterocycles. The molecule has 23 heavy (non-hydrogen) atoms. The lowest BCUT2D eigenvalue weighted by molar-refractivity contribution is -0.113. The number of aliphatic imine (C=N–C) groups is 1. The second-order valence-corrected chi connectivity index (χ2v) is 6.72. The Kier molecular flexibility index (Phi) is 5.39. The van der Waals surface area contributed by atoms with E-state index in [4.69, 9.17) is 4.74 Å². The summed E-state index contributed by atoms with van der Waals surface area (Å²) in [6.45, 7) is 4.64. The van der Waals surface area contributed by atoms with Crippen molar-refractivity contribution in [1.82, 2.24) is 4.90 Å². The van der Waals surface area contributed by atoms with Crippen LogP contribution in [0.1, 0.15) is 38.2 Å². The maximum absolute atomic E-state index is 12.2. The number of thioether (sulfide) groups is 1. The summed E-state index contributed by atoms with van der Waals surface area (Å²) in [4.78, 5) is 19.4. The molecule has 2 heterocycles. The molecule has 0 unspecified atom stereocenters. The molecule has 0 saturated carbocycles. The fourth-order valence-corrected chi connectivity index (χ4v) is 3.74. The highest BCUT2D eigenvalue weighted by molar-refractivity contribution is 8.18. The van der Waals surface area contributed by atoms with Crippen LogP contribution in [-0.2, 0) is 4.79 Å². The van der Waals surface area contributed by atoms with Crippen LogP contribution in [0, 0.1) is 0 Å². The Bertz CT molecular complexity index is 614. The molecule has 0 radical (unpaired) electrons. The third kappa shape index (κ3) is 4.16. The number of hydrogen-bond acceptors (Lipinski definition) is 4. The maximum Gasteiger partial charge on any atom is 0.286 e. The van der Waals surface area contributed by atoms with Gasteiger partial charge >= 0.3 is 0 Å². The molecule has 0 N–H and O–H groups in total. The standard InChI is InChI=1S/C18H22N2O2S/c1-2-22-15-9-7-14(8-10-15)13-16-17(21)19-18(23-16)20-11-5-3-4-6-12-20/h7-10,13H,2-6,11-12H2,1H3. The first-order valence-corrected chi connectivity index (χ1v) is 9.08. The highest BCUT2D eigenvalue weighted by Gasteiger charge is 2.26. The van der Waals surface area contributed by atoms with Gasteiger partial charge in [0, 0.05) is 13.1 Å². The van der Waals surface area contributed by atoms with Crippen molar-refractivity contribution in [2.24, 2.45) is 4.99 Å². The summed E-state index contributed by atoms with van der Waals surface area (Å²) in [6, 6.07) is 7.79. The first-order chi connectivity index (χ1) is 11.3. The number of ether oxygens (including phenoxy) is 1. The second-order valence-electron chi connectivity index (χ2n) is 5.71. The van der Waals surface area contributed by atoms with Gasteiger partial charge in [0.25, 0.3) is 5.91 Å². The number of carbonyl (C=O) groups excluding carboxylic acids is 1. The number of likely N-dealkylation sites (tertiary alicyclic amines) is 1. The number of carbonyl (C=O) groups is 1. The lowest BCUT2D eigenvalue weighted by Gasteiger charge is -2.20. The van der Waals surface area contributed by atoms with Gasteiger partial charge < -0.3 is 9.64 Å². The van der Waals surface area contributed by atoms with Gasteiger partial charge in [-0.05, 0) is 55.3 Å². The molecule has 1 amide bonds. The van der Waals surface area contributed by atoms with Gasteiger partial charge in [-0.1, -0.05) is 25.0 Å². The lowest BCUT2D eigenvalue weighted by Crippen LogP contribution is -2.28. The summed E-state index contributed by atoms with van der Waals surface area (Å²) < 4.78 is 5.44. The number of benzene rings is 1. The van der Waals surface area contributed by atoms with E-state index in [1.165, 1.54) is 37.4 Å². The molecule has 0 aromatic heterocycles. The summed E-state index contributed by atoms with van der Waals surface area (Å²) in [5.74, 6) is 0.727. The number of nitrogens with zero attached hydrogens (tertiary/aromatic N) is 2. The first kappa shape index (κ1) is 16.1. The predicted octanol–water partition coefficient (Wildman–Crippen LogP) is 3.93. The molecule has 0 atom stereocenters. The number of rotatable bonds is 3. The van der Waals surface area contributed by atoms with E-state index in [0.29, 0.717) is 11.5 Å². The minimum atomic E-state index is -0.122. The predicted molar refractivity (Wildman–Crippen MR) is 95.7 cm³/mol. The second kappa shape index (κ2) is 7.68. The highest BCUT2D eigenvalue weighted by atomic mass is 32.2. The average Bonchev–Trinajstić information content (AvgIpc) is 2.78. The van der Waals surface area contributed by atoms with Gasteiger partial charge in [0.2, 0.25) is 0 Å². The third-order valence-corrected chi connectivity index (χ3v) is 5.02. The zero-order chi connectivity index (χ0) is 16.1. The van der Waals surface area contributed by atoms with Crippen LogP contribution >= 0.6 is 11.8 Å². The van der Waals surface area contributed by atoms with Gasteiger partial charge in [0.05, 0.1) is 11.5 Å². The molecular weight excluding hydrogens is 308 g/mol. The van der Waals surface area contributed by atoms with Crippen LogP contribution < -0.4 is 4.74 Å². The quantitative estimate of drug-likeness (QED) is 0.788. The van der Waals surface area contributed by atoms with Crippen LogP contribution in [0.15, 0.2) is 34.2 Å². The van der Waals surface area contributed by atoms with Gasteiger partial charge in [0.15, 0.2) is 5.17 Å². The van der Waals surface area contributed by atoms with Crippen LogP contribution in [0.2, 0.25) is 0 Å². The topological polar surface area (TPSA) is 41.9 Å². The molecule has 5 heteroatoms. The Morgan fingerprint density at radius 3 is 2.52 bits per heavy atom. The molecule has 4 nitrogen and oxygen atoms in total. The normalized spacial score (nSPS) is 20.6. The van der Waals surface area contributed by atoms with Crippen molar-refractivity contribution in [1.29, 1.82) is 0 Å². The zero-order valence-electron chi connectivity index (χ0n) is 13.5. The maximum atomic E-state index is 12.2. The molecule has 2 aliphatic rings. The zero-order valence-corrected chi connectivity index (χ0v) is 14.3. The molecule has 0 spiro atoms. The van der Waals surface area contributed by atoms with Gasteiger partial charge in [-0.15, -0.1) is 0 Å². The van der Waals surface area contributed by atoms with E-state index in [1.807, 2.05) is 37.3 Å². The van der Waals surface area contributed by atoms with E-state index in [-0.39, 0.29) is 5.91 Å². The fraction of sp³-hybridized carbons (Fsp3) is 0.444. The third-order valence-electron chi connectivity index (χ3n) is 3.97. The van der Waals surface area contributed by atoms with Crippen LogP contribution in [0.3, 0.4) is 0 Å². The Balaban J connectivity index is 1.68. The Labute approximate surface area is 141 Å². The molecule has 1 aromatic carbocycles. The monoisotopic (exact) mass is 330 g/mol. The van der Waals surface area contributed by atoms with Crippen LogP contribution in [0.25, 0.3) is 6.08 Å². The van der Waals surface area contributed by atoms with Crippen LogP contribution in [0.5, 0.6) is 5.75 Å². The molecular formula is C18H22N2O2S. The molecule has 1 fully saturated rings. The Hall–Kier alpha value is -1.75. The molecule has 1 aromatic rings. The van der Waals surface area contributed by atoms with Gasteiger partial charge in [-0.2, -0.15) is 4.99 Å². The first-order valence-electron chi connectivity index (χ1n) is 8.26. The van der Waals surface area contributed by atoms with Crippen LogP contribution in [0.4, 0.5) is 0 Å². The summed E-state index contributed by atoms with van der Waals surface area (Å²) in [5, 5.41) is 0.870. The van der Waals surface area contributed by atoms with Crippen molar-refractivity contribution in [2.75, 3.05) is 19.7 Å². The Morgan fingerprint density at radius 2 is 1.87 bits per heavy atom. The van der Waals surface area contributed by atoms with E-state index >= 15 is 0 Å². The van der Waals surface area contributed by atoms with Crippen molar-refractivity contribution in [3.05, 3.63) is 34.7 Å². The van der Waals surface area contributed by atoms with Crippen molar-refractivity contribution in [3.8, 4) is 5.75 Å². The average molecular weight is 330 g/mol. The number of amides is 1. The molecule has 0 bridgehead atoms. The molecule has 122 valence electrons. The molecule has 2 aliphatic heterocycles. The molecule has 0 aliphatic carbocycles. The Morgan fingerprint density at radius 1 is 1.17 bits per heavy atom. The number of amidine groups is 1. The van der Waals surface area contributed by atoms with Gasteiger partial charge in [-0.25, -0.2) is 0 Å². The summed E-state index contributed by atoms with van der Waals surface area (Å²) in [6.07, 6.45) is 6.84. The largest absolute Gasteiger partial charge is 0.494 e.